The van der Waals surface area contributed by atoms with E-state index in [4.69, 9.17) is 19.4 Å². The van der Waals surface area contributed by atoms with Crippen molar-refractivity contribution in [2.45, 2.75) is 12.8 Å². The molecule has 0 aliphatic carbocycles. The first kappa shape index (κ1) is 17.1. The van der Waals surface area contributed by atoms with Crippen molar-refractivity contribution >= 4 is 6.41 Å². The van der Waals surface area contributed by atoms with Gasteiger partial charge in [-0.15, -0.1) is 0 Å². The van der Waals surface area contributed by atoms with E-state index < -0.39 is 6.23 Å². The van der Waals surface area contributed by atoms with E-state index in [-0.39, 0.29) is 13.2 Å². The number of hydrogen-bond donors (Lipinski definition) is 2. The molecule has 104 valence electrons. The summed E-state index contributed by atoms with van der Waals surface area (Å²) in [5, 5.41) is 10.7. The Bertz CT molecular complexity index is 364. The minimum absolute atomic E-state index is 0.133. The Hall–Kier alpha value is -1.89. The second kappa shape index (κ2) is 11.2. The molecular formula is C12H15NO6. The molecule has 0 bridgehead atoms. The molecule has 2 N–H and O–H groups in total. The quantitative estimate of drug-likeness (QED) is 0.181. The van der Waals surface area contributed by atoms with Gasteiger partial charge in [0.25, 0.3) is 0 Å². The first-order valence-electron chi connectivity index (χ1n) is 5.21. The third kappa shape index (κ3) is 7.20. The Morgan fingerprint density at radius 1 is 1.42 bits per heavy atom. The van der Waals surface area contributed by atoms with Gasteiger partial charge in [0.15, 0.2) is 6.23 Å². The van der Waals surface area contributed by atoms with E-state index in [1.54, 1.807) is 24.3 Å². The van der Waals surface area contributed by atoms with E-state index in [0.717, 1.165) is 5.56 Å². The fourth-order valence-electron chi connectivity index (χ4n) is 1.19. The summed E-state index contributed by atoms with van der Waals surface area (Å²) in [6, 6.07) is 7.00. The van der Waals surface area contributed by atoms with Crippen molar-refractivity contribution in [2.24, 2.45) is 0 Å². The van der Waals surface area contributed by atoms with Gasteiger partial charge in [-0.05, 0) is 17.7 Å². The standard InChI is InChI=1S/C11H15NO5.CO/c1-15-11(12-8-13)7-16-10-4-2-9(3-5-10)6-17-14;1-2/h2-5,8,11,14H,6-7H2,1H3,(H,12,13);. The molecule has 0 aliphatic heterocycles. The Kier molecular flexibility index (Phi) is 10.1. The van der Waals surface area contributed by atoms with Gasteiger partial charge in [-0.2, -0.15) is 0 Å². The third-order valence-corrected chi connectivity index (χ3v) is 2.09. The van der Waals surface area contributed by atoms with Crippen molar-refractivity contribution in [3.63, 3.8) is 0 Å². The Morgan fingerprint density at radius 2 is 2.05 bits per heavy atom. The molecule has 0 aromatic heterocycles. The predicted molar refractivity (Wildman–Crippen MR) is 63.3 cm³/mol. The third-order valence-electron chi connectivity index (χ3n) is 2.09. The van der Waals surface area contributed by atoms with E-state index in [1.165, 1.54) is 7.11 Å². The first-order chi connectivity index (χ1) is 9.30. The summed E-state index contributed by atoms with van der Waals surface area (Å²) in [4.78, 5) is 14.2. The number of carbonyl (C=O) groups excluding carboxylic acids is 1. The number of methoxy groups -OCH3 is 1. The Balaban J connectivity index is 0.00000154. The van der Waals surface area contributed by atoms with Crippen molar-refractivity contribution in [1.29, 1.82) is 0 Å². The number of hydrogen-bond acceptors (Lipinski definition) is 5. The summed E-state index contributed by atoms with van der Waals surface area (Å²) < 4.78 is 17.8. The molecule has 0 heterocycles. The molecule has 1 rings (SSSR count). The fourth-order valence-corrected chi connectivity index (χ4v) is 1.19. The van der Waals surface area contributed by atoms with Crippen molar-refractivity contribution in [3.05, 3.63) is 36.5 Å². The number of rotatable bonds is 8. The van der Waals surface area contributed by atoms with Gasteiger partial charge in [-0.25, -0.2) is 4.89 Å². The zero-order valence-electron chi connectivity index (χ0n) is 10.4. The first-order valence-corrected chi connectivity index (χ1v) is 5.21. The maximum atomic E-state index is 10.2. The van der Waals surface area contributed by atoms with Crippen LogP contribution in [0.15, 0.2) is 24.3 Å². The normalized spacial score (nSPS) is 10.7. The predicted octanol–water partition coefficient (Wildman–Crippen LogP) is 0.736. The number of amides is 1. The van der Waals surface area contributed by atoms with E-state index in [2.05, 4.69) is 16.9 Å². The SMILES string of the molecule is COC(COc1ccc(COO)cc1)NC=O.[C-]#[O+]. The van der Waals surface area contributed by atoms with Crippen LogP contribution in [0.3, 0.4) is 0 Å². The van der Waals surface area contributed by atoms with Crippen LogP contribution in [-0.2, 0) is 25.7 Å². The van der Waals surface area contributed by atoms with Gasteiger partial charge in [-0.3, -0.25) is 10.1 Å². The van der Waals surface area contributed by atoms with Crippen molar-refractivity contribution in [2.75, 3.05) is 13.7 Å². The van der Waals surface area contributed by atoms with Crippen LogP contribution in [-0.4, -0.2) is 31.6 Å². The van der Waals surface area contributed by atoms with E-state index in [9.17, 15) is 4.79 Å². The van der Waals surface area contributed by atoms with Gasteiger partial charge >= 0.3 is 11.3 Å². The van der Waals surface area contributed by atoms with E-state index in [1.807, 2.05) is 0 Å². The average molecular weight is 269 g/mol. The second-order valence-electron chi connectivity index (χ2n) is 3.24. The van der Waals surface area contributed by atoms with Gasteiger partial charge in [0.1, 0.15) is 19.0 Å². The minimum atomic E-state index is -0.479. The van der Waals surface area contributed by atoms with Crippen LogP contribution >= 0.6 is 0 Å². The van der Waals surface area contributed by atoms with E-state index in [0.29, 0.717) is 12.2 Å². The summed E-state index contributed by atoms with van der Waals surface area (Å²) in [6.07, 6.45) is 0.0760. The number of carbonyl (C=O) groups is 1. The molecule has 1 atom stereocenters. The zero-order valence-corrected chi connectivity index (χ0v) is 10.4. The zero-order chi connectivity index (χ0) is 14.5. The topological polar surface area (TPSA) is 96.9 Å². The average Bonchev–Trinajstić information content (AvgIpc) is 2.47. The molecule has 1 aromatic rings. The molecule has 0 fully saturated rings. The van der Waals surface area contributed by atoms with Gasteiger partial charge in [0, 0.05) is 7.11 Å². The van der Waals surface area contributed by atoms with Gasteiger partial charge < -0.3 is 14.8 Å². The van der Waals surface area contributed by atoms with Crippen LogP contribution in [0.1, 0.15) is 5.56 Å². The van der Waals surface area contributed by atoms with Gasteiger partial charge in [0.2, 0.25) is 6.41 Å². The molecule has 0 spiro atoms. The molecule has 0 saturated heterocycles. The van der Waals surface area contributed by atoms with Crippen LogP contribution in [0.25, 0.3) is 0 Å². The molecule has 7 heteroatoms. The Labute approximate surface area is 110 Å². The molecule has 0 aliphatic rings. The molecule has 19 heavy (non-hydrogen) atoms. The Morgan fingerprint density at radius 3 is 2.53 bits per heavy atom. The van der Waals surface area contributed by atoms with Crippen LogP contribution in [0, 0.1) is 6.65 Å². The number of ether oxygens (including phenoxy) is 2. The fraction of sp³-hybridized carbons (Fsp3) is 0.333. The van der Waals surface area contributed by atoms with Crippen molar-refractivity contribution < 1.29 is 29.1 Å². The van der Waals surface area contributed by atoms with Gasteiger partial charge in [-0.1, -0.05) is 12.1 Å². The van der Waals surface area contributed by atoms with Crippen molar-refractivity contribution in [1.82, 2.24) is 5.32 Å². The molecule has 0 saturated carbocycles. The molecular weight excluding hydrogens is 254 g/mol. The summed E-state index contributed by atoms with van der Waals surface area (Å²) in [5.41, 5.74) is 0.828. The van der Waals surface area contributed by atoms with E-state index >= 15 is 0 Å². The summed E-state index contributed by atoms with van der Waals surface area (Å²) in [6.45, 7) is 4.85. The summed E-state index contributed by atoms with van der Waals surface area (Å²) in [7, 11) is 1.48. The second-order valence-corrected chi connectivity index (χ2v) is 3.24. The van der Waals surface area contributed by atoms with Crippen LogP contribution in [0.5, 0.6) is 5.75 Å². The molecule has 1 amide bonds. The van der Waals surface area contributed by atoms with Crippen LogP contribution < -0.4 is 10.1 Å². The maximum absolute atomic E-state index is 10.2. The van der Waals surface area contributed by atoms with Crippen molar-refractivity contribution in [3.8, 4) is 5.75 Å². The van der Waals surface area contributed by atoms with Gasteiger partial charge in [0.05, 0.1) is 0 Å². The molecule has 1 unspecified atom stereocenters. The molecule has 1 aromatic carbocycles. The summed E-state index contributed by atoms with van der Waals surface area (Å²) >= 11 is 0. The van der Waals surface area contributed by atoms with Crippen LogP contribution in [0.4, 0.5) is 0 Å². The number of nitrogens with one attached hydrogen (secondary N) is 1. The molecule has 7 nitrogen and oxygen atoms in total. The molecule has 0 radical (unpaired) electrons. The monoisotopic (exact) mass is 269 g/mol. The number of benzene rings is 1. The summed E-state index contributed by atoms with van der Waals surface area (Å²) in [5.74, 6) is 0.640. The van der Waals surface area contributed by atoms with Crippen LogP contribution in [0.2, 0.25) is 0 Å².